The van der Waals surface area contributed by atoms with Gasteiger partial charge in [0.2, 0.25) is 5.91 Å². The number of piperazine rings is 1. The minimum atomic E-state index is -3.98. The number of sulfone groups is 1. The topological polar surface area (TPSA) is 145 Å². The molecule has 1 aliphatic rings. The molecule has 0 unspecified atom stereocenters. The lowest BCUT2D eigenvalue weighted by atomic mass is 10.1. The fourth-order valence-corrected chi connectivity index (χ4v) is 6.53. The van der Waals surface area contributed by atoms with Gasteiger partial charge in [-0.15, -0.1) is 0 Å². The molecule has 12 nitrogen and oxygen atoms in total. The van der Waals surface area contributed by atoms with E-state index >= 15 is 8.78 Å². The van der Waals surface area contributed by atoms with Crippen molar-refractivity contribution in [1.82, 2.24) is 24.4 Å². The summed E-state index contributed by atoms with van der Waals surface area (Å²) in [7, 11) is -3.98. The molecular weight excluding hydrogens is 634 g/mol. The molecule has 4 heterocycles. The molecule has 0 saturated carbocycles. The minimum Gasteiger partial charge on any atom is -0.426 e. The quantitative estimate of drug-likeness (QED) is 0.162. The van der Waals surface area contributed by atoms with Crippen LogP contribution in [-0.4, -0.2) is 76.6 Å². The number of carbonyl (C=O) groups is 2. The molecule has 5 rings (SSSR count). The third-order valence-corrected chi connectivity index (χ3v) is 8.87. The van der Waals surface area contributed by atoms with E-state index in [4.69, 9.17) is 4.74 Å². The van der Waals surface area contributed by atoms with Crippen molar-refractivity contribution < 1.29 is 31.5 Å². The Balaban J connectivity index is 1.91. The molecule has 0 spiro atoms. The van der Waals surface area contributed by atoms with Gasteiger partial charge in [-0.3, -0.25) is 14.6 Å². The van der Waals surface area contributed by atoms with Gasteiger partial charge in [-0.05, 0) is 43.2 Å². The highest BCUT2D eigenvalue weighted by Crippen LogP contribution is 2.38. The third-order valence-electron chi connectivity index (χ3n) is 7.74. The molecule has 0 aliphatic carbocycles. The number of halogens is 2. The number of anilines is 1. The number of hydrogen-bond donors (Lipinski definition) is 0. The van der Waals surface area contributed by atoms with Gasteiger partial charge < -0.3 is 14.5 Å². The van der Waals surface area contributed by atoms with Crippen molar-refractivity contribution in [1.29, 1.82) is 0 Å². The summed E-state index contributed by atoms with van der Waals surface area (Å²) in [5.41, 5.74) is -2.19. The average Bonchev–Trinajstić information content (AvgIpc) is 2.99. The van der Waals surface area contributed by atoms with Crippen LogP contribution in [-0.2, 0) is 19.4 Å². The second-order valence-electron chi connectivity index (χ2n) is 11.5. The lowest BCUT2D eigenvalue weighted by Gasteiger charge is -2.40. The van der Waals surface area contributed by atoms with E-state index in [0.717, 1.165) is 29.9 Å². The Bertz CT molecular complexity index is 2120. The second-order valence-corrected chi connectivity index (χ2v) is 13.4. The van der Waals surface area contributed by atoms with Crippen LogP contribution in [0.4, 0.5) is 14.6 Å². The van der Waals surface area contributed by atoms with Crippen molar-refractivity contribution in [2.24, 2.45) is 0 Å². The molecule has 0 N–H and O–H groups in total. The summed E-state index contributed by atoms with van der Waals surface area (Å²) in [6.45, 7) is 10.6. The van der Waals surface area contributed by atoms with Crippen LogP contribution in [0.25, 0.3) is 28.0 Å². The fraction of sp³-hybridized carbons (Fsp3) is 0.312. The normalized spacial score (nSPS) is 15.3. The number of rotatable bonds is 7. The fourth-order valence-electron chi connectivity index (χ4n) is 5.68. The number of nitrogens with zero attached hydrogens (tertiary/aromatic N) is 6. The number of hydrogen-bond acceptors (Lipinski definition) is 10. The molecule has 246 valence electrons. The SMILES string of the molecule is C=CC(=O)N1CCN(c2nc(=O)n(-c3c(S(C)(=O)=O)ccnc3C(C)C)c3nc(-c4c(F)cccc4OC(C)=O)c(F)cc23)[C@@H](C)C1. The summed E-state index contributed by atoms with van der Waals surface area (Å²) in [4.78, 5) is 54.5. The lowest BCUT2D eigenvalue weighted by molar-refractivity contribution is -0.132. The maximum absolute atomic E-state index is 16.2. The highest BCUT2D eigenvalue weighted by Gasteiger charge is 2.32. The van der Waals surface area contributed by atoms with Gasteiger partial charge in [0.25, 0.3) is 0 Å². The van der Waals surface area contributed by atoms with E-state index in [1.807, 2.05) is 0 Å². The summed E-state index contributed by atoms with van der Waals surface area (Å²) in [5.74, 6) is -3.75. The molecule has 1 amide bonds. The van der Waals surface area contributed by atoms with E-state index in [2.05, 4.69) is 21.5 Å². The molecular formula is C32H32F2N6O6S. The summed E-state index contributed by atoms with van der Waals surface area (Å²) < 4.78 is 63.8. The molecule has 0 bridgehead atoms. The van der Waals surface area contributed by atoms with Crippen LogP contribution in [0.3, 0.4) is 0 Å². The van der Waals surface area contributed by atoms with Crippen LogP contribution in [0.15, 0.2) is 58.9 Å². The van der Waals surface area contributed by atoms with Gasteiger partial charge in [0.15, 0.2) is 21.3 Å². The van der Waals surface area contributed by atoms with Crippen molar-refractivity contribution >= 4 is 38.6 Å². The Kier molecular flexibility index (Phi) is 8.95. The van der Waals surface area contributed by atoms with Crippen LogP contribution in [0.2, 0.25) is 0 Å². The molecule has 1 fully saturated rings. The predicted octanol–water partition coefficient (Wildman–Crippen LogP) is 3.80. The zero-order chi connectivity index (χ0) is 34.4. The van der Waals surface area contributed by atoms with Gasteiger partial charge in [-0.1, -0.05) is 26.5 Å². The highest BCUT2D eigenvalue weighted by atomic mass is 32.2. The Labute approximate surface area is 269 Å². The number of amides is 1. The van der Waals surface area contributed by atoms with Gasteiger partial charge in [0.1, 0.15) is 23.1 Å². The van der Waals surface area contributed by atoms with Crippen molar-refractivity contribution in [2.45, 2.75) is 44.6 Å². The number of carbonyl (C=O) groups excluding carboxylic acids is 2. The Morgan fingerprint density at radius 3 is 2.47 bits per heavy atom. The summed E-state index contributed by atoms with van der Waals surface area (Å²) in [6.07, 6.45) is 3.48. The van der Waals surface area contributed by atoms with Crippen LogP contribution in [0.1, 0.15) is 39.3 Å². The van der Waals surface area contributed by atoms with Crippen molar-refractivity contribution in [3.05, 3.63) is 77.0 Å². The zero-order valence-electron chi connectivity index (χ0n) is 26.3. The predicted molar refractivity (Wildman–Crippen MR) is 170 cm³/mol. The molecule has 1 saturated heterocycles. The number of fused-ring (bicyclic) bond motifs is 1. The van der Waals surface area contributed by atoms with Crippen molar-refractivity contribution in [3.8, 4) is 22.7 Å². The standard InChI is InChI=1S/C32H32F2N6O6S/c1-7-25(42)38-13-14-39(18(4)16-38)30-20-15-22(34)28(26-21(33)9-8-10-23(26)46-19(5)41)36-31(20)40(32(43)37-30)29-24(47(6,44)45)11-12-35-27(29)17(2)3/h7-12,15,17-18H,1,13-14,16H2,2-6H3/t18-/m0/s1. The molecule has 1 aromatic carbocycles. The number of ether oxygens (including phenoxy) is 1. The van der Waals surface area contributed by atoms with Gasteiger partial charge in [0, 0.05) is 45.1 Å². The Hall–Kier alpha value is -5.05. The van der Waals surface area contributed by atoms with Gasteiger partial charge in [0.05, 0.1) is 27.2 Å². The molecule has 47 heavy (non-hydrogen) atoms. The van der Waals surface area contributed by atoms with E-state index < -0.39 is 56.3 Å². The first-order chi connectivity index (χ1) is 22.1. The van der Waals surface area contributed by atoms with Crippen molar-refractivity contribution in [3.63, 3.8) is 0 Å². The summed E-state index contributed by atoms with van der Waals surface area (Å²) in [6, 6.07) is 5.43. The van der Waals surface area contributed by atoms with Crippen LogP contribution >= 0.6 is 0 Å². The van der Waals surface area contributed by atoms with E-state index in [9.17, 15) is 22.8 Å². The van der Waals surface area contributed by atoms with Gasteiger partial charge >= 0.3 is 11.7 Å². The summed E-state index contributed by atoms with van der Waals surface area (Å²) in [5, 5.41) is 0.00424. The number of aromatic nitrogens is 4. The smallest absolute Gasteiger partial charge is 0.355 e. The largest absolute Gasteiger partial charge is 0.426 e. The van der Waals surface area contributed by atoms with Gasteiger partial charge in [-0.2, -0.15) is 4.98 Å². The van der Waals surface area contributed by atoms with Crippen LogP contribution in [0.5, 0.6) is 5.75 Å². The minimum absolute atomic E-state index is 0.00424. The lowest BCUT2D eigenvalue weighted by Crippen LogP contribution is -2.54. The monoisotopic (exact) mass is 666 g/mol. The Morgan fingerprint density at radius 1 is 1.13 bits per heavy atom. The van der Waals surface area contributed by atoms with Crippen LogP contribution in [0, 0.1) is 11.6 Å². The van der Waals surface area contributed by atoms with E-state index in [1.165, 1.54) is 30.5 Å². The first kappa shape index (κ1) is 33.3. The number of esters is 1. The zero-order valence-corrected chi connectivity index (χ0v) is 27.1. The van der Waals surface area contributed by atoms with Gasteiger partial charge in [-0.25, -0.2) is 31.5 Å². The number of pyridine rings is 2. The molecule has 3 aromatic heterocycles. The first-order valence-corrected chi connectivity index (χ1v) is 16.5. The maximum atomic E-state index is 16.2. The maximum Gasteiger partial charge on any atom is 0.355 e. The van der Waals surface area contributed by atoms with E-state index in [1.54, 1.807) is 30.6 Å². The van der Waals surface area contributed by atoms with Crippen molar-refractivity contribution in [2.75, 3.05) is 30.8 Å². The Morgan fingerprint density at radius 2 is 1.85 bits per heavy atom. The second kappa shape index (κ2) is 12.6. The van der Waals surface area contributed by atoms with Crippen LogP contribution < -0.4 is 15.3 Å². The third kappa shape index (κ3) is 6.22. The number of benzene rings is 1. The molecule has 4 aromatic rings. The highest BCUT2D eigenvalue weighted by molar-refractivity contribution is 7.90. The molecule has 1 aliphatic heterocycles. The summed E-state index contributed by atoms with van der Waals surface area (Å²) >= 11 is 0. The molecule has 0 radical (unpaired) electrons. The van der Waals surface area contributed by atoms with E-state index in [0.29, 0.717) is 0 Å². The molecule has 15 heteroatoms. The molecule has 1 atom stereocenters. The average molecular weight is 667 g/mol. The first-order valence-electron chi connectivity index (χ1n) is 14.6. The van der Waals surface area contributed by atoms with E-state index in [-0.39, 0.29) is 64.4 Å².